The Hall–Kier alpha value is -1.06. The van der Waals surface area contributed by atoms with Crippen molar-refractivity contribution in [3.05, 3.63) is 0 Å². The lowest BCUT2D eigenvalue weighted by Crippen LogP contribution is -2.28. The molecule has 4 nitrogen and oxygen atoms in total. The van der Waals surface area contributed by atoms with Crippen LogP contribution in [0.3, 0.4) is 0 Å². The lowest BCUT2D eigenvalue weighted by molar-refractivity contribution is -0.119. The Morgan fingerprint density at radius 3 is 3.11 bits per heavy atom. The number of rotatable bonds is 2. The maximum absolute atomic E-state index is 10.3. The highest BCUT2D eigenvalue weighted by atomic mass is 16.1. The number of amides is 1. The molecule has 0 aromatic rings. The van der Waals surface area contributed by atoms with Crippen molar-refractivity contribution < 1.29 is 4.79 Å². The summed E-state index contributed by atoms with van der Waals surface area (Å²) >= 11 is 0. The van der Waals surface area contributed by atoms with Gasteiger partial charge in [-0.1, -0.05) is 0 Å². The van der Waals surface area contributed by atoms with Crippen LogP contribution in [-0.4, -0.2) is 30.2 Å². The van der Waals surface area contributed by atoms with Crippen molar-refractivity contribution in [2.45, 2.75) is 6.42 Å². The van der Waals surface area contributed by atoms with E-state index in [1.807, 2.05) is 0 Å². The van der Waals surface area contributed by atoms with Crippen LogP contribution in [0, 0.1) is 0 Å². The average Bonchev–Trinajstić information content (AvgIpc) is 2.15. The van der Waals surface area contributed by atoms with Crippen molar-refractivity contribution in [1.82, 2.24) is 5.01 Å². The Morgan fingerprint density at radius 1 is 1.89 bits per heavy atom. The molecule has 4 heteroatoms. The van der Waals surface area contributed by atoms with E-state index in [4.69, 9.17) is 5.73 Å². The summed E-state index contributed by atoms with van der Waals surface area (Å²) in [5, 5.41) is 5.54. The van der Waals surface area contributed by atoms with Crippen LogP contribution in [0.25, 0.3) is 0 Å². The molecule has 0 aromatic heterocycles. The van der Waals surface area contributed by atoms with Crippen molar-refractivity contribution >= 4 is 12.1 Å². The van der Waals surface area contributed by atoms with Gasteiger partial charge in [0, 0.05) is 19.2 Å². The molecule has 1 amide bonds. The molecule has 0 aromatic carbocycles. The average molecular weight is 127 g/mol. The first kappa shape index (κ1) is 6.07. The minimum atomic E-state index is -0.325. The second-order valence-corrected chi connectivity index (χ2v) is 1.94. The van der Waals surface area contributed by atoms with Gasteiger partial charge in [0.15, 0.2) is 0 Å². The first-order chi connectivity index (χ1) is 4.29. The summed E-state index contributed by atoms with van der Waals surface area (Å²) in [6.07, 6.45) is 2.70. The first-order valence-corrected chi connectivity index (χ1v) is 2.85. The zero-order valence-electron chi connectivity index (χ0n) is 5.08. The molecule has 50 valence electrons. The standard InChI is InChI=1S/C5H9N3O/c6-5(9)4-8-3-1-2-7-8/h2H,1,3-4H2,(H2,6,9). The predicted molar refractivity (Wildman–Crippen MR) is 33.9 cm³/mol. The van der Waals surface area contributed by atoms with E-state index in [-0.39, 0.29) is 12.5 Å². The molecular formula is C5H9N3O. The zero-order chi connectivity index (χ0) is 6.69. The number of carbonyl (C=O) groups is 1. The van der Waals surface area contributed by atoms with Crippen molar-refractivity contribution in [3.8, 4) is 0 Å². The maximum atomic E-state index is 10.3. The summed E-state index contributed by atoms with van der Waals surface area (Å²) in [4.78, 5) is 10.3. The molecule has 0 atom stereocenters. The van der Waals surface area contributed by atoms with Crippen LogP contribution in [0.1, 0.15) is 6.42 Å². The van der Waals surface area contributed by atoms with Gasteiger partial charge in [0.1, 0.15) is 6.54 Å². The zero-order valence-corrected chi connectivity index (χ0v) is 5.08. The van der Waals surface area contributed by atoms with Crippen molar-refractivity contribution in [2.24, 2.45) is 10.8 Å². The van der Waals surface area contributed by atoms with Crippen LogP contribution in [0.2, 0.25) is 0 Å². The summed E-state index contributed by atoms with van der Waals surface area (Å²) < 4.78 is 0. The van der Waals surface area contributed by atoms with Crippen LogP contribution in [0.4, 0.5) is 0 Å². The minimum Gasteiger partial charge on any atom is -0.368 e. The number of primary amides is 1. The molecule has 1 rings (SSSR count). The van der Waals surface area contributed by atoms with Crippen molar-refractivity contribution in [1.29, 1.82) is 0 Å². The third-order valence-corrected chi connectivity index (χ3v) is 1.10. The largest absolute Gasteiger partial charge is 0.368 e. The summed E-state index contributed by atoms with van der Waals surface area (Å²) in [5.74, 6) is -0.325. The van der Waals surface area contributed by atoms with E-state index in [1.165, 1.54) is 0 Å². The lowest BCUT2D eigenvalue weighted by atomic mass is 10.5. The fraction of sp³-hybridized carbons (Fsp3) is 0.600. The second kappa shape index (κ2) is 2.48. The van der Waals surface area contributed by atoms with Gasteiger partial charge in [0.05, 0.1) is 0 Å². The van der Waals surface area contributed by atoms with Crippen LogP contribution in [-0.2, 0) is 4.79 Å². The van der Waals surface area contributed by atoms with E-state index in [9.17, 15) is 4.79 Å². The Balaban J connectivity index is 2.28. The monoisotopic (exact) mass is 127 g/mol. The number of hydrogen-bond donors (Lipinski definition) is 1. The van der Waals surface area contributed by atoms with Gasteiger partial charge in [0.2, 0.25) is 5.91 Å². The predicted octanol–water partition coefficient (Wildman–Crippen LogP) is -0.837. The van der Waals surface area contributed by atoms with Gasteiger partial charge in [-0.2, -0.15) is 5.10 Å². The van der Waals surface area contributed by atoms with Crippen LogP contribution in [0.5, 0.6) is 0 Å². The second-order valence-electron chi connectivity index (χ2n) is 1.94. The maximum Gasteiger partial charge on any atom is 0.238 e. The summed E-state index contributed by atoms with van der Waals surface area (Å²) in [6, 6.07) is 0. The Labute approximate surface area is 53.3 Å². The molecule has 0 spiro atoms. The SMILES string of the molecule is NC(=O)CN1CCC=N1. The van der Waals surface area contributed by atoms with Crippen LogP contribution < -0.4 is 5.73 Å². The molecule has 0 radical (unpaired) electrons. The molecule has 0 saturated carbocycles. The van der Waals surface area contributed by atoms with Crippen LogP contribution >= 0.6 is 0 Å². The quantitative estimate of drug-likeness (QED) is 0.526. The van der Waals surface area contributed by atoms with Crippen molar-refractivity contribution in [3.63, 3.8) is 0 Å². The molecule has 1 aliphatic rings. The molecule has 1 heterocycles. The van der Waals surface area contributed by atoms with E-state index < -0.39 is 0 Å². The van der Waals surface area contributed by atoms with E-state index in [2.05, 4.69) is 5.10 Å². The van der Waals surface area contributed by atoms with Gasteiger partial charge >= 0.3 is 0 Å². The normalized spacial score (nSPS) is 16.7. The van der Waals surface area contributed by atoms with E-state index >= 15 is 0 Å². The highest BCUT2D eigenvalue weighted by Crippen LogP contribution is 1.96. The lowest BCUT2D eigenvalue weighted by Gasteiger charge is -2.08. The first-order valence-electron chi connectivity index (χ1n) is 2.85. The third-order valence-electron chi connectivity index (χ3n) is 1.10. The minimum absolute atomic E-state index is 0.247. The molecule has 0 saturated heterocycles. The fourth-order valence-electron chi connectivity index (χ4n) is 0.737. The molecular weight excluding hydrogens is 118 g/mol. The van der Waals surface area contributed by atoms with E-state index in [0.717, 1.165) is 13.0 Å². The summed E-state index contributed by atoms with van der Waals surface area (Å²) in [6.45, 7) is 1.07. The highest BCUT2D eigenvalue weighted by Gasteiger charge is 2.06. The molecule has 0 fully saturated rings. The smallest absolute Gasteiger partial charge is 0.238 e. The van der Waals surface area contributed by atoms with Gasteiger partial charge < -0.3 is 5.73 Å². The highest BCUT2D eigenvalue weighted by molar-refractivity contribution is 5.76. The Bertz CT molecular complexity index is 143. The molecule has 0 unspecified atom stereocenters. The summed E-state index contributed by atoms with van der Waals surface area (Å²) in [7, 11) is 0. The van der Waals surface area contributed by atoms with Gasteiger partial charge in [-0.25, -0.2) is 0 Å². The van der Waals surface area contributed by atoms with E-state index in [0.29, 0.717) is 0 Å². The molecule has 2 N–H and O–H groups in total. The Morgan fingerprint density at radius 2 is 2.67 bits per heavy atom. The van der Waals surface area contributed by atoms with Gasteiger partial charge in [-0.3, -0.25) is 9.80 Å². The molecule has 0 aliphatic carbocycles. The number of nitrogens with two attached hydrogens (primary N) is 1. The van der Waals surface area contributed by atoms with Crippen molar-refractivity contribution in [2.75, 3.05) is 13.1 Å². The summed E-state index contributed by atoms with van der Waals surface area (Å²) in [5.41, 5.74) is 4.92. The van der Waals surface area contributed by atoms with Gasteiger partial charge in [-0.05, 0) is 0 Å². The molecule has 1 aliphatic heterocycles. The van der Waals surface area contributed by atoms with Gasteiger partial charge in [0.25, 0.3) is 0 Å². The van der Waals surface area contributed by atoms with Crippen LogP contribution in [0.15, 0.2) is 5.10 Å². The number of hydrazone groups is 1. The Kier molecular flexibility index (Phi) is 1.67. The number of hydrogen-bond acceptors (Lipinski definition) is 3. The van der Waals surface area contributed by atoms with Gasteiger partial charge in [-0.15, -0.1) is 0 Å². The van der Waals surface area contributed by atoms with E-state index in [1.54, 1.807) is 11.2 Å². The molecule has 9 heavy (non-hydrogen) atoms. The number of nitrogens with zero attached hydrogens (tertiary/aromatic N) is 2. The molecule has 0 bridgehead atoms. The fourth-order valence-corrected chi connectivity index (χ4v) is 0.737. The topological polar surface area (TPSA) is 58.7 Å². The third kappa shape index (κ3) is 1.71. The number of carbonyl (C=O) groups excluding carboxylic acids is 1.